The van der Waals surface area contributed by atoms with Crippen molar-refractivity contribution in [3.8, 4) is 5.75 Å². The molecule has 0 aromatic heterocycles. The highest BCUT2D eigenvalue weighted by molar-refractivity contribution is 5.94. The molecule has 0 saturated heterocycles. The van der Waals surface area contributed by atoms with Crippen LogP contribution >= 0.6 is 0 Å². The fourth-order valence-corrected chi connectivity index (χ4v) is 3.35. The lowest BCUT2D eigenvalue weighted by Crippen LogP contribution is -2.59. The smallest absolute Gasteiger partial charge is 0.326 e. The van der Waals surface area contributed by atoms with Crippen LogP contribution < -0.4 is 21.7 Å². The maximum Gasteiger partial charge on any atom is 0.326 e. The first-order valence-corrected chi connectivity index (χ1v) is 11.5. The van der Waals surface area contributed by atoms with Crippen molar-refractivity contribution < 1.29 is 39.6 Å². The molecule has 0 bridgehead atoms. The molecular weight excluding hydrogens is 484 g/mol. The standard InChI is InChI=1S/C25H32N4O8/c1-14(31)21(26)24(35)29-20(13-30)23(34)27-18(11-15-5-3-2-4-6-15)22(33)28-19(25(36)37)12-16-7-9-17(32)10-8-16/h2-10,14,18-21,30-32H,11-13,26H2,1H3,(H,27,34)(H,28,33)(H,29,35)(H,36,37). The molecule has 5 unspecified atom stereocenters. The minimum absolute atomic E-state index is 0.00484. The van der Waals surface area contributed by atoms with Gasteiger partial charge >= 0.3 is 5.97 Å². The number of phenols is 1. The van der Waals surface area contributed by atoms with Crippen molar-refractivity contribution in [2.24, 2.45) is 5.73 Å². The maximum atomic E-state index is 13.1. The van der Waals surface area contributed by atoms with E-state index in [4.69, 9.17) is 5.73 Å². The van der Waals surface area contributed by atoms with Crippen LogP contribution in [0.25, 0.3) is 0 Å². The van der Waals surface area contributed by atoms with Crippen molar-refractivity contribution in [2.45, 2.75) is 50.0 Å². The minimum Gasteiger partial charge on any atom is -0.508 e. The van der Waals surface area contributed by atoms with Gasteiger partial charge in [0.15, 0.2) is 0 Å². The molecule has 2 aromatic rings. The molecule has 200 valence electrons. The average Bonchev–Trinajstić information content (AvgIpc) is 2.87. The van der Waals surface area contributed by atoms with Gasteiger partial charge in [-0.3, -0.25) is 14.4 Å². The first-order valence-electron chi connectivity index (χ1n) is 11.5. The van der Waals surface area contributed by atoms with Crippen LogP contribution in [-0.2, 0) is 32.0 Å². The van der Waals surface area contributed by atoms with Crippen molar-refractivity contribution in [2.75, 3.05) is 6.61 Å². The van der Waals surface area contributed by atoms with Gasteiger partial charge in [-0.1, -0.05) is 42.5 Å². The Hall–Kier alpha value is -4.00. The van der Waals surface area contributed by atoms with E-state index in [1.54, 1.807) is 30.3 Å². The third-order valence-electron chi connectivity index (χ3n) is 5.54. The Labute approximate surface area is 213 Å². The fourth-order valence-electron chi connectivity index (χ4n) is 3.35. The Balaban J connectivity index is 2.20. The van der Waals surface area contributed by atoms with Gasteiger partial charge in [0, 0.05) is 12.8 Å². The molecule has 0 aliphatic carbocycles. The molecule has 0 aliphatic heterocycles. The summed E-state index contributed by atoms with van der Waals surface area (Å²) in [5, 5.41) is 45.3. The van der Waals surface area contributed by atoms with Crippen LogP contribution in [0.5, 0.6) is 5.75 Å². The monoisotopic (exact) mass is 516 g/mol. The fraction of sp³-hybridized carbons (Fsp3) is 0.360. The van der Waals surface area contributed by atoms with Gasteiger partial charge in [-0.25, -0.2) is 4.79 Å². The molecule has 0 spiro atoms. The van der Waals surface area contributed by atoms with E-state index in [-0.39, 0.29) is 18.6 Å². The van der Waals surface area contributed by atoms with E-state index in [2.05, 4.69) is 16.0 Å². The Kier molecular flexibility index (Phi) is 11.0. The van der Waals surface area contributed by atoms with Crippen LogP contribution in [0.2, 0.25) is 0 Å². The number of amides is 3. The van der Waals surface area contributed by atoms with Crippen molar-refractivity contribution in [1.82, 2.24) is 16.0 Å². The summed E-state index contributed by atoms with van der Waals surface area (Å²) >= 11 is 0. The Morgan fingerprint density at radius 1 is 0.784 bits per heavy atom. The number of hydrogen-bond acceptors (Lipinski definition) is 8. The van der Waals surface area contributed by atoms with Gasteiger partial charge in [0.1, 0.15) is 29.9 Å². The van der Waals surface area contributed by atoms with Crippen molar-refractivity contribution >= 4 is 23.7 Å². The number of rotatable bonds is 13. The number of benzene rings is 2. The molecule has 2 aromatic carbocycles. The van der Waals surface area contributed by atoms with Crippen molar-refractivity contribution in [3.05, 3.63) is 65.7 Å². The van der Waals surface area contributed by atoms with E-state index in [9.17, 15) is 39.6 Å². The van der Waals surface area contributed by atoms with Gasteiger partial charge < -0.3 is 42.1 Å². The quantitative estimate of drug-likeness (QED) is 0.154. The molecule has 5 atom stereocenters. The van der Waals surface area contributed by atoms with Crippen LogP contribution in [0.3, 0.4) is 0 Å². The first-order chi connectivity index (χ1) is 17.5. The highest BCUT2D eigenvalue weighted by Gasteiger charge is 2.31. The summed E-state index contributed by atoms with van der Waals surface area (Å²) in [5.74, 6) is -3.89. The third kappa shape index (κ3) is 9.18. The number of carboxylic acids is 1. The predicted molar refractivity (Wildman–Crippen MR) is 132 cm³/mol. The number of carbonyl (C=O) groups is 4. The summed E-state index contributed by atoms with van der Waals surface area (Å²) in [6, 6.07) is 9.04. The van der Waals surface area contributed by atoms with Crippen molar-refractivity contribution in [3.63, 3.8) is 0 Å². The lowest BCUT2D eigenvalue weighted by Gasteiger charge is -2.25. The molecule has 3 amide bonds. The Morgan fingerprint density at radius 3 is 1.81 bits per heavy atom. The van der Waals surface area contributed by atoms with Gasteiger partial charge in [0.2, 0.25) is 17.7 Å². The summed E-state index contributed by atoms with van der Waals surface area (Å²) in [7, 11) is 0. The summed E-state index contributed by atoms with van der Waals surface area (Å²) in [5.41, 5.74) is 6.77. The molecule has 0 saturated carbocycles. The normalized spacial score (nSPS) is 14.9. The molecular formula is C25H32N4O8. The summed E-state index contributed by atoms with van der Waals surface area (Å²) in [4.78, 5) is 50.0. The van der Waals surface area contributed by atoms with Gasteiger partial charge in [0.25, 0.3) is 0 Å². The number of aliphatic carboxylic acids is 1. The number of nitrogens with one attached hydrogen (secondary N) is 3. The molecule has 2 rings (SSSR count). The summed E-state index contributed by atoms with van der Waals surface area (Å²) < 4.78 is 0. The number of carbonyl (C=O) groups excluding carboxylic acids is 3. The zero-order chi connectivity index (χ0) is 27.5. The van der Waals surface area contributed by atoms with Gasteiger partial charge in [-0.15, -0.1) is 0 Å². The van der Waals surface area contributed by atoms with Crippen molar-refractivity contribution in [1.29, 1.82) is 0 Å². The molecule has 9 N–H and O–H groups in total. The second-order valence-corrected chi connectivity index (χ2v) is 8.53. The van der Waals surface area contributed by atoms with E-state index in [0.717, 1.165) is 0 Å². The number of nitrogens with two attached hydrogens (primary N) is 1. The highest BCUT2D eigenvalue weighted by Crippen LogP contribution is 2.12. The second-order valence-electron chi connectivity index (χ2n) is 8.53. The molecule has 0 heterocycles. The van der Waals surface area contributed by atoms with E-state index in [1.807, 2.05) is 0 Å². The van der Waals surface area contributed by atoms with Gasteiger partial charge in [-0.05, 0) is 30.2 Å². The topological polar surface area (TPSA) is 211 Å². The summed E-state index contributed by atoms with van der Waals surface area (Å²) in [6.45, 7) is 0.470. The number of phenolic OH excluding ortho intramolecular Hbond substituents is 1. The third-order valence-corrected chi connectivity index (χ3v) is 5.54. The van der Waals surface area contributed by atoms with E-state index in [0.29, 0.717) is 11.1 Å². The molecule has 0 fully saturated rings. The van der Waals surface area contributed by atoms with Crippen LogP contribution in [0.15, 0.2) is 54.6 Å². The lowest BCUT2D eigenvalue weighted by molar-refractivity contribution is -0.142. The van der Waals surface area contributed by atoms with Crippen LogP contribution in [0.1, 0.15) is 18.1 Å². The molecule has 37 heavy (non-hydrogen) atoms. The van der Waals surface area contributed by atoms with E-state index in [1.165, 1.54) is 31.2 Å². The summed E-state index contributed by atoms with van der Waals surface area (Å²) in [6.07, 6.45) is -1.30. The number of aliphatic hydroxyl groups is 2. The maximum absolute atomic E-state index is 13.1. The van der Waals surface area contributed by atoms with Crippen LogP contribution in [0.4, 0.5) is 0 Å². The molecule has 12 nitrogen and oxygen atoms in total. The first kappa shape index (κ1) is 29.2. The molecule has 12 heteroatoms. The van der Waals surface area contributed by atoms with Crippen LogP contribution in [0, 0.1) is 0 Å². The number of aliphatic hydroxyl groups excluding tert-OH is 2. The van der Waals surface area contributed by atoms with E-state index < -0.39 is 60.6 Å². The highest BCUT2D eigenvalue weighted by atomic mass is 16.4. The van der Waals surface area contributed by atoms with E-state index >= 15 is 0 Å². The van der Waals surface area contributed by atoms with Crippen LogP contribution in [-0.4, -0.2) is 81.0 Å². The second kappa shape index (κ2) is 13.9. The predicted octanol–water partition coefficient (Wildman–Crippen LogP) is -1.58. The lowest BCUT2D eigenvalue weighted by atomic mass is 10.0. The van der Waals surface area contributed by atoms with Gasteiger partial charge in [0.05, 0.1) is 12.7 Å². The number of aromatic hydroxyl groups is 1. The van der Waals surface area contributed by atoms with Gasteiger partial charge in [-0.2, -0.15) is 0 Å². The number of carboxylic acid groups (broad SMARTS) is 1. The molecule has 0 radical (unpaired) electrons. The number of hydrogen-bond donors (Lipinski definition) is 8. The largest absolute Gasteiger partial charge is 0.508 e. The minimum atomic E-state index is -1.48. The zero-order valence-corrected chi connectivity index (χ0v) is 20.2. The average molecular weight is 517 g/mol. The Bertz CT molecular complexity index is 1060. The Morgan fingerprint density at radius 2 is 1.27 bits per heavy atom. The SMILES string of the molecule is CC(O)C(N)C(=O)NC(CO)C(=O)NC(Cc1ccccc1)C(=O)NC(Cc1ccc(O)cc1)C(=O)O. The zero-order valence-electron chi connectivity index (χ0n) is 20.2. The molecule has 0 aliphatic rings.